The highest BCUT2D eigenvalue weighted by atomic mass is 16.6. The number of ether oxygens (including phenoxy) is 2. The van der Waals surface area contributed by atoms with Gasteiger partial charge in [0.25, 0.3) is 0 Å². The van der Waals surface area contributed by atoms with Crippen LogP contribution in [0.5, 0.6) is 11.5 Å². The van der Waals surface area contributed by atoms with Crippen molar-refractivity contribution in [1.82, 2.24) is 5.32 Å². The fraction of sp³-hybridized carbons (Fsp3) is 0.571. The summed E-state index contributed by atoms with van der Waals surface area (Å²) in [4.78, 5) is 0. The molecule has 0 saturated carbocycles. The Hall–Kier alpha value is -1.26. The summed E-state index contributed by atoms with van der Waals surface area (Å²) in [6, 6.07) is 4.36. The zero-order chi connectivity index (χ0) is 13.0. The second-order valence-corrected chi connectivity index (χ2v) is 4.85. The van der Waals surface area contributed by atoms with Crippen LogP contribution in [0.15, 0.2) is 12.1 Å². The van der Waals surface area contributed by atoms with Crippen LogP contribution in [0.2, 0.25) is 0 Å². The fourth-order valence-electron chi connectivity index (χ4n) is 2.05. The lowest BCUT2D eigenvalue weighted by Crippen LogP contribution is -2.32. The fourth-order valence-corrected chi connectivity index (χ4v) is 2.05. The van der Waals surface area contributed by atoms with Crippen molar-refractivity contribution in [2.24, 2.45) is 5.73 Å². The maximum absolute atomic E-state index is 5.69. The lowest BCUT2D eigenvalue weighted by Gasteiger charge is -2.20. The van der Waals surface area contributed by atoms with Crippen LogP contribution in [0.3, 0.4) is 0 Å². The summed E-state index contributed by atoms with van der Waals surface area (Å²) < 4.78 is 11.2. The summed E-state index contributed by atoms with van der Waals surface area (Å²) in [6.45, 7) is 7.17. The highest BCUT2D eigenvalue weighted by molar-refractivity contribution is 5.47. The Morgan fingerprint density at radius 1 is 1.28 bits per heavy atom. The van der Waals surface area contributed by atoms with E-state index in [-0.39, 0.29) is 6.04 Å². The van der Waals surface area contributed by atoms with Crippen molar-refractivity contribution in [1.29, 1.82) is 0 Å². The van der Waals surface area contributed by atoms with Crippen molar-refractivity contribution in [2.75, 3.05) is 26.3 Å². The van der Waals surface area contributed by atoms with E-state index in [4.69, 9.17) is 15.2 Å². The number of benzene rings is 1. The van der Waals surface area contributed by atoms with E-state index in [1.165, 1.54) is 11.1 Å². The van der Waals surface area contributed by atoms with Gasteiger partial charge in [-0.2, -0.15) is 0 Å². The summed E-state index contributed by atoms with van der Waals surface area (Å²) in [5.74, 6) is 1.74. The van der Waals surface area contributed by atoms with Gasteiger partial charge in [-0.25, -0.2) is 0 Å². The highest BCUT2D eigenvalue weighted by Gasteiger charge is 2.13. The van der Waals surface area contributed by atoms with E-state index in [0.717, 1.165) is 31.0 Å². The van der Waals surface area contributed by atoms with Crippen molar-refractivity contribution in [2.45, 2.75) is 26.3 Å². The largest absolute Gasteiger partial charge is 0.486 e. The molecule has 4 nitrogen and oxygen atoms in total. The zero-order valence-electron chi connectivity index (χ0n) is 11.2. The first-order valence-corrected chi connectivity index (χ1v) is 6.52. The van der Waals surface area contributed by atoms with Crippen LogP contribution >= 0.6 is 0 Å². The number of nitrogens with two attached hydrogens (primary N) is 1. The minimum Gasteiger partial charge on any atom is -0.486 e. The Bertz CT molecular complexity index is 405. The molecule has 0 saturated heterocycles. The molecule has 100 valence electrons. The van der Waals surface area contributed by atoms with Crippen LogP contribution in [0.4, 0.5) is 0 Å². The Balaban J connectivity index is 1.95. The topological polar surface area (TPSA) is 56.5 Å². The molecule has 2 rings (SSSR count). The molecule has 1 aromatic carbocycles. The van der Waals surface area contributed by atoms with Crippen molar-refractivity contribution in [3.63, 3.8) is 0 Å². The molecular formula is C14H22N2O2. The second-order valence-electron chi connectivity index (χ2n) is 4.85. The first kappa shape index (κ1) is 13.2. The first-order valence-electron chi connectivity index (χ1n) is 6.52. The molecular weight excluding hydrogens is 228 g/mol. The molecule has 1 unspecified atom stereocenters. The van der Waals surface area contributed by atoms with Crippen LogP contribution in [0.25, 0.3) is 0 Å². The van der Waals surface area contributed by atoms with Gasteiger partial charge in [0.2, 0.25) is 0 Å². The smallest absolute Gasteiger partial charge is 0.161 e. The monoisotopic (exact) mass is 250 g/mol. The van der Waals surface area contributed by atoms with Crippen LogP contribution in [0, 0.1) is 6.92 Å². The molecule has 0 bridgehead atoms. The number of rotatable bonds is 5. The third-order valence-electron chi connectivity index (χ3n) is 3.04. The quantitative estimate of drug-likeness (QED) is 0.772. The summed E-state index contributed by atoms with van der Waals surface area (Å²) in [5.41, 5.74) is 8.25. The molecule has 18 heavy (non-hydrogen) atoms. The van der Waals surface area contributed by atoms with Crippen LogP contribution in [-0.2, 0) is 6.42 Å². The van der Waals surface area contributed by atoms with Gasteiger partial charge in [-0.1, -0.05) is 0 Å². The molecule has 4 heteroatoms. The number of fused-ring (bicyclic) bond motifs is 1. The van der Waals surface area contributed by atoms with E-state index in [9.17, 15) is 0 Å². The standard InChI is InChI=1S/C14H22N2O2/c1-10-7-13-14(18-6-5-17-13)8-12(10)3-4-16-9-11(2)15/h7-8,11,16H,3-6,9,15H2,1-2H3. The number of hydrogen-bond donors (Lipinski definition) is 2. The summed E-state index contributed by atoms with van der Waals surface area (Å²) in [6.07, 6.45) is 0.981. The number of aryl methyl sites for hydroxylation is 1. The molecule has 0 aromatic heterocycles. The molecule has 1 aliphatic rings. The van der Waals surface area contributed by atoms with Crippen molar-refractivity contribution in [3.05, 3.63) is 23.3 Å². The lowest BCUT2D eigenvalue weighted by atomic mass is 10.0. The van der Waals surface area contributed by atoms with Crippen molar-refractivity contribution >= 4 is 0 Å². The molecule has 0 amide bonds. The van der Waals surface area contributed by atoms with Gasteiger partial charge >= 0.3 is 0 Å². The third kappa shape index (κ3) is 3.37. The van der Waals surface area contributed by atoms with Gasteiger partial charge in [-0.3, -0.25) is 0 Å². The average molecular weight is 250 g/mol. The maximum Gasteiger partial charge on any atom is 0.161 e. The van der Waals surface area contributed by atoms with E-state index >= 15 is 0 Å². The lowest BCUT2D eigenvalue weighted by molar-refractivity contribution is 0.171. The van der Waals surface area contributed by atoms with Gasteiger partial charge in [0.05, 0.1) is 0 Å². The van der Waals surface area contributed by atoms with E-state index < -0.39 is 0 Å². The van der Waals surface area contributed by atoms with Crippen LogP contribution in [0.1, 0.15) is 18.1 Å². The van der Waals surface area contributed by atoms with Gasteiger partial charge in [0.15, 0.2) is 11.5 Å². The molecule has 1 aromatic rings. The minimum absolute atomic E-state index is 0.200. The number of nitrogens with one attached hydrogen (secondary N) is 1. The zero-order valence-corrected chi connectivity index (χ0v) is 11.2. The first-order chi connectivity index (χ1) is 8.66. The Morgan fingerprint density at radius 2 is 1.94 bits per heavy atom. The van der Waals surface area contributed by atoms with E-state index in [0.29, 0.717) is 13.2 Å². The average Bonchev–Trinajstić information content (AvgIpc) is 2.34. The Labute approximate surface area is 108 Å². The molecule has 1 aliphatic heterocycles. The van der Waals surface area contributed by atoms with Crippen LogP contribution in [-0.4, -0.2) is 32.3 Å². The van der Waals surface area contributed by atoms with Gasteiger partial charge in [0, 0.05) is 12.6 Å². The van der Waals surface area contributed by atoms with Gasteiger partial charge in [0.1, 0.15) is 13.2 Å². The van der Waals surface area contributed by atoms with E-state index in [2.05, 4.69) is 24.4 Å². The molecule has 0 radical (unpaired) electrons. The molecule has 0 aliphatic carbocycles. The second kappa shape index (κ2) is 6.07. The van der Waals surface area contributed by atoms with E-state index in [1.807, 2.05) is 6.92 Å². The van der Waals surface area contributed by atoms with Crippen LogP contribution < -0.4 is 20.5 Å². The predicted molar refractivity (Wildman–Crippen MR) is 72.4 cm³/mol. The van der Waals surface area contributed by atoms with Crippen molar-refractivity contribution in [3.8, 4) is 11.5 Å². The predicted octanol–water partition coefficient (Wildman–Crippen LogP) is 1.25. The van der Waals surface area contributed by atoms with Gasteiger partial charge < -0.3 is 20.5 Å². The molecule has 1 heterocycles. The van der Waals surface area contributed by atoms with Crippen molar-refractivity contribution < 1.29 is 9.47 Å². The van der Waals surface area contributed by atoms with E-state index in [1.54, 1.807) is 0 Å². The SMILES string of the molecule is Cc1cc2c(cc1CCNCC(C)N)OCCO2. The normalized spacial score (nSPS) is 15.5. The molecule has 0 fully saturated rings. The minimum atomic E-state index is 0.200. The maximum atomic E-state index is 5.69. The third-order valence-corrected chi connectivity index (χ3v) is 3.04. The highest BCUT2D eigenvalue weighted by Crippen LogP contribution is 2.32. The summed E-state index contributed by atoms with van der Waals surface area (Å²) >= 11 is 0. The Morgan fingerprint density at radius 3 is 2.61 bits per heavy atom. The van der Waals surface area contributed by atoms with Gasteiger partial charge in [-0.05, 0) is 50.1 Å². The summed E-state index contributed by atoms with van der Waals surface area (Å²) in [7, 11) is 0. The summed E-state index contributed by atoms with van der Waals surface area (Å²) in [5, 5.41) is 3.34. The Kier molecular flexibility index (Phi) is 4.44. The molecule has 3 N–H and O–H groups in total. The number of hydrogen-bond acceptors (Lipinski definition) is 4. The molecule has 0 spiro atoms. The van der Waals surface area contributed by atoms with Gasteiger partial charge in [-0.15, -0.1) is 0 Å². The molecule has 1 atom stereocenters.